The molecule has 0 heterocycles. The van der Waals surface area contributed by atoms with E-state index in [0.29, 0.717) is 23.7 Å². The van der Waals surface area contributed by atoms with Gasteiger partial charge in [-0.1, -0.05) is 43.0 Å². The van der Waals surface area contributed by atoms with E-state index >= 15 is 0 Å². The minimum absolute atomic E-state index is 0. The van der Waals surface area contributed by atoms with Crippen LogP contribution in [-0.4, -0.2) is 12.6 Å². The maximum atomic E-state index is 12.1. The van der Waals surface area contributed by atoms with Gasteiger partial charge in [0.15, 0.2) is 0 Å². The second-order valence-electron chi connectivity index (χ2n) is 3.80. The van der Waals surface area contributed by atoms with Crippen LogP contribution >= 0.6 is 0 Å². The molecule has 0 aliphatic rings. The first-order valence-corrected chi connectivity index (χ1v) is 5.91. The van der Waals surface area contributed by atoms with Crippen molar-refractivity contribution in [3.05, 3.63) is 72.8 Å². The molecule has 20 heavy (non-hydrogen) atoms. The van der Waals surface area contributed by atoms with Crippen LogP contribution in [0.25, 0.3) is 0 Å². The molecule has 0 N–H and O–H groups in total. The van der Waals surface area contributed by atoms with Crippen molar-refractivity contribution in [3.63, 3.8) is 0 Å². The molecule has 0 saturated heterocycles. The summed E-state index contributed by atoms with van der Waals surface area (Å²) < 4.78 is 10.7. The normalized spacial score (nSPS) is 9.20. The second kappa shape index (κ2) is 8.59. The van der Waals surface area contributed by atoms with Gasteiger partial charge in [0.05, 0.1) is 0 Å². The minimum atomic E-state index is -0.439. The van der Waals surface area contributed by atoms with Gasteiger partial charge < -0.3 is 10.9 Å². The first kappa shape index (κ1) is 16.5. The molecule has 2 aromatic rings. The van der Waals surface area contributed by atoms with Crippen LogP contribution in [0.5, 0.6) is 11.5 Å². The van der Waals surface area contributed by atoms with Crippen molar-refractivity contribution in [1.82, 2.24) is 0 Å². The topological polar surface area (TPSA) is 35.5 Å². The van der Waals surface area contributed by atoms with Gasteiger partial charge in [0.25, 0.3) is 0 Å². The number of carbonyl (C=O) groups is 1. The van der Waals surface area contributed by atoms with E-state index in [9.17, 15) is 4.79 Å². The molecule has 2 rings (SSSR count). The summed E-state index contributed by atoms with van der Waals surface area (Å²) >= 11 is 0. The average Bonchev–Trinajstić information content (AvgIpc) is 2.46. The molecule has 98 valence electrons. The van der Waals surface area contributed by atoms with Crippen LogP contribution < -0.4 is 39.0 Å². The molecule has 0 unspecified atom stereocenters. The molecule has 0 atom stereocenters. The van der Waals surface area contributed by atoms with Gasteiger partial charge in [0.2, 0.25) is 0 Å². The average molecular weight is 278 g/mol. The number of para-hydroxylation sites is 2. The number of benzene rings is 2. The SMILES string of the molecule is C=CCOc1ccccc1C(=O)Oc1ccccc1.[H-].[Na+]. The van der Waals surface area contributed by atoms with Crippen molar-refractivity contribution in [2.24, 2.45) is 0 Å². The molecule has 0 amide bonds. The number of rotatable bonds is 5. The Balaban J connectivity index is 0.00000200. The molecule has 0 aliphatic carbocycles. The maximum absolute atomic E-state index is 12.1. The van der Waals surface area contributed by atoms with Gasteiger partial charge in [0.1, 0.15) is 23.7 Å². The summed E-state index contributed by atoms with van der Waals surface area (Å²) in [4.78, 5) is 12.1. The van der Waals surface area contributed by atoms with Crippen molar-refractivity contribution < 1.29 is 45.3 Å². The third kappa shape index (κ3) is 4.53. The van der Waals surface area contributed by atoms with Crippen LogP contribution in [0.15, 0.2) is 67.3 Å². The van der Waals surface area contributed by atoms with Crippen molar-refractivity contribution in [1.29, 1.82) is 0 Å². The largest absolute Gasteiger partial charge is 1.00 e. The van der Waals surface area contributed by atoms with E-state index in [2.05, 4.69) is 6.58 Å². The van der Waals surface area contributed by atoms with E-state index in [-0.39, 0.29) is 31.0 Å². The molecule has 4 heteroatoms. The molecule has 0 aromatic heterocycles. The Kier molecular flexibility index (Phi) is 7.09. The molecule has 0 spiro atoms. The Bertz CT molecular complexity index is 573. The summed E-state index contributed by atoms with van der Waals surface area (Å²) in [5.74, 6) is 0.556. The van der Waals surface area contributed by atoms with E-state index in [4.69, 9.17) is 9.47 Å². The summed E-state index contributed by atoms with van der Waals surface area (Å²) in [7, 11) is 0. The number of hydrogen-bond donors (Lipinski definition) is 0. The van der Waals surface area contributed by atoms with Crippen molar-refractivity contribution in [2.75, 3.05) is 6.61 Å². The van der Waals surface area contributed by atoms with Gasteiger partial charge in [-0.05, 0) is 24.3 Å². The van der Waals surface area contributed by atoms with Crippen LogP contribution in [0, 0.1) is 0 Å². The maximum Gasteiger partial charge on any atom is 1.00 e. The Morgan fingerprint density at radius 2 is 1.75 bits per heavy atom. The Morgan fingerprint density at radius 1 is 1.10 bits per heavy atom. The van der Waals surface area contributed by atoms with Crippen LogP contribution in [-0.2, 0) is 0 Å². The summed E-state index contributed by atoms with van der Waals surface area (Å²) in [6.07, 6.45) is 1.62. The Morgan fingerprint density at radius 3 is 2.45 bits per heavy atom. The summed E-state index contributed by atoms with van der Waals surface area (Å²) in [5.41, 5.74) is 0.396. The zero-order valence-electron chi connectivity index (χ0n) is 12.4. The third-order valence-corrected chi connectivity index (χ3v) is 2.42. The predicted molar refractivity (Wildman–Crippen MR) is 74.6 cm³/mol. The fourth-order valence-electron chi connectivity index (χ4n) is 1.56. The number of ether oxygens (including phenoxy) is 2. The second-order valence-corrected chi connectivity index (χ2v) is 3.80. The zero-order valence-corrected chi connectivity index (χ0v) is 13.4. The van der Waals surface area contributed by atoms with Crippen LogP contribution in [0.2, 0.25) is 0 Å². The molecule has 0 saturated carbocycles. The van der Waals surface area contributed by atoms with E-state index in [1.807, 2.05) is 18.2 Å². The third-order valence-electron chi connectivity index (χ3n) is 2.42. The van der Waals surface area contributed by atoms with E-state index < -0.39 is 5.97 Å². The standard InChI is InChI=1S/C16H14O3.Na.H/c1-2-12-18-15-11-7-6-10-14(15)16(17)19-13-8-4-3-5-9-13;;/h2-11H,1,12H2;;/q;+1;-1. The number of carbonyl (C=O) groups excluding carboxylic acids is 1. The van der Waals surface area contributed by atoms with Crippen molar-refractivity contribution in [3.8, 4) is 11.5 Å². The first-order chi connectivity index (χ1) is 9.31. The van der Waals surface area contributed by atoms with Gasteiger partial charge in [-0.25, -0.2) is 4.79 Å². The van der Waals surface area contributed by atoms with Crippen LogP contribution in [0.1, 0.15) is 11.8 Å². The zero-order chi connectivity index (χ0) is 13.5. The summed E-state index contributed by atoms with van der Waals surface area (Å²) in [5, 5.41) is 0. The molecule has 3 nitrogen and oxygen atoms in total. The number of hydrogen-bond acceptors (Lipinski definition) is 3. The van der Waals surface area contributed by atoms with E-state index in [1.54, 1.807) is 42.5 Å². The van der Waals surface area contributed by atoms with Gasteiger partial charge in [0, 0.05) is 0 Å². The predicted octanol–water partition coefficient (Wildman–Crippen LogP) is 0.587. The fraction of sp³-hybridized carbons (Fsp3) is 0.0625. The monoisotopic (exact) mass is 278 g/mol. The summed E-state index contributed by atoms with van der Waals surface area (Å²) in [6, 6.07) is 15.9. The molecular weight excluding hydrogens is 263 g/mol. The molecule has 2 aromatic carbocycles. The quantitative estimate of drug-likeness (QED) is 0.347. The van der Waals surface area contributed by atoms with Crippen LogP contribution in [0.3, 0.4) is 0 Å². The van der Waals surface area contributed by atoms with Gasteiger partial charge in [-0.3, -0.25) is 0 Å². The van der Waals surface area contributed by atoms with Crippen LogP contribution in [0.4, 0.5) is 0 Å². The Labute approximate surface area is 142 Å². The minimum Gasteiger partial charge on any atom is -1.00 e. The molecule has 0 aliphatic heterocycles. The van der Waals surface area contributed by atoms with Gasteiger partial charge >= 0.3 is 35.5 Å². The molecular formula is C16H15NaO3. The molecule has 0 radical (unpaired) electrons. The molecule has 0 bridgehead atoms. The smallest absolute Gasteiger partial charge is 1.00 e. The fourth-order valence-corrected chi connectivity index (χ4v) is 1.56. The summed E-state index contributed by atoms with van der Waals surface area (Å²) in [6.45, 7) is 3.92. The van der Waals surface area contributed by atoms with E-state index in [0.717, 1.165) is 0 Å². The van der Waals surface area contributed by atoms with Crippen molar-refractivity contribution in [2.45, 2.75) is 0 Å². The molecule has 0 fully saturated rings. The Hall–Kier alpha value is -1.55. The van der Waals surface area contributed by atoms with Crippen molar-refractivity contribution >= 4 is 5.97 Å². The van der Waals surface area contributed by atoms with Gasteiger partial charge in [-0.2, -0.15) is 0 Å². The number of esters is 1. The van der Waals surface area contributed by atoms with E-state index in [1.165, 1.54) is 0 Å². The first-order valence-electron chi connectivity index (χ1n) is 5.91. The van der Waals surface area contributed by atoms with Gasteiger partial charge in [-0.15, -0.1) is 0 Å².